The van der Waals surface area contributed by atoms with E-state index in [1.807, 2.05) is 0 Å². The van der Waals surface area contributed by atoms with Gasteiger partial charge in [0.05, 0.1) is 11.8 Å². The minimum absolute atomic E-state index is 0.0369. The van der Waals surface area contributed by atoms with Crippen molar-refractivity contribution < 1.29 is 18.0 Å². The summed E-state index contributed by atoms with van der Waals surface area (Å²) in [6.45, 7) is 2.42. The van der Waals surface area contributed by atoms with Gasteiger partial charge in [0.2, 0.25) is 11.1 Å². The monoisotopic (exact) mass is 365 g/mol. The molecule has 1 saturated carbocycles. The molecule has 0 atom stereocenters. The largest absolute Gasteiger partial charge is 0.406 e. The Morgan fingerprint density at radius 3 is 2.62 bits per heavy atom. The van der Waals surface area contributed by atoms with Crippen molar-refractivity contribution in [1.82, 2.24) is 25.1 Å². The molecule has 1 aliphatic rings. The van der Waals surface area contributed by atoms with E-state index in [1.54, 1.807) is 18.5 Å². The van der Waals surface area contributed by atoms with Crippen LogP contribution in [0.2, 0.25) is 0 Å². The summed E-state index contributed by atoms with van der Waals surface area (Å²) >= 11 is 1.10. The van der Waals surface area contributed by atoms with Crippen LogP contribution in [-0.2, 0) is 4.79 Å². The highest BCUT2D eigenvalue weighted by Gasteiger charge is 2.33. The number of hydrogen-bond donors (Lipinski definition) is 0. The molecule has 6 nitrogen and oxygen atoms in total. The predicted molar refractivity (Wildman–Crippen MR) is 83.5 cm³/mol. The van der Waals surface area contributed by atoms with E-state index in [4.69, 9.17) is 0 Å². The van der Waals surface area contributed by atoms with Crippen LogP contribution in [0.25, 0.3) is 0 Å². The van der Waals surface area contributed by atoms with E-state index in [0.717, 1.165) is 42.3 Å². The molecule has 136 valence electrons. The number of amides is 1. The Bertz CT molecular complexity index is 543. The van der Waals surface area contributed by atoms with Crippen LogP contribution in [0.15, 0.2) is 5.16 Å². The SMILES string of the molecule is CC(C)CN(CC(F)(F)F)C(=O)CSc1nnnn1C1CCCC1. The average molecular weight is 365 g/mol. The van der Waals surface area contributed by atoms with Crippen LogP contribution in [0.4, 0.5) is 13.2 Å². The minimum atomic E-state index is -4.40. The second-order valence-corrected chi connectivity index (χ2v) is 7.36. The fraction of sp³-hybridized carbons (Fsp3) is 0.857. The number of nitrogens with zero attached hydrogens (tertiary/aromatic N) is 5. The molecule has 1 heterocycles. The maximum absolute atomic E-state index is 12.7. The average Bonchev–Trinajstić information content (AvgIpc) is 3.12. The lowest BCUT2D eigenvalue weighted by Gasteiger charge is -2.25. The van der Waals surface area contributed by atoms with Crippen molar-refractivity contribution in [2.75, 3.05) is 18.8 Å². The first-order valence-corrected chi connectivity index (χ1v) is 9.00. The highest BCUT2D eigenvalue weighted by molar-refractivity contribution is 7.99. The van der Waals surface area contributed by atoms with Gasteiger partial charge in [0.15, 0.2) is 0 Å². The van der Waals surface area contributed by atoms with Gasteiger partial charge in [0, 0.05) is 6.54 Å². The first kappa shape index (κ1) is 19.0. The van der Waals surface area contributed by atoms with E-state index in [-0.39, 0.29) is 24.3 Å². The molecule has 2 rings (SSSR count). The summed E-state index contributed by atoms with van der Waals surface area (Å²) in [7, 11) is 0. The smallest absolute Gasteiger partial charge is 0.333 e. The molecule has 0 aromatic carbocycles. The number of halogens is 3. The van der Waals surface area contributed by atoms with Crippen LogP contribution >= 0.6 is 11.8 Å². The Labute approximate surface area is 143 Å². The zero-order chi connectivity index (χ0) is 17.7. The summed E-state index contributed by atoms with van der Waals surface area (Å²) in [6, 6.07) is 0.222. The van der Waals surface area contributed by atoms with E-state index in [2.05, 4.69) is 15.5 Å². The normalized spacial score (nSPS) is 16.1. The summed E-state index contributed by atoms with van der Waals surface area (Å²) < 4.78 is 39.7. The molecule has 0 radical (unpaired) electrons. The van der Waals surface area contributed by atoms with Crippen molar-refractivity contribution >= 4 is 17.7 Å². The van der Waals surface area contributed by atoms with Crippen molar-refractivity contribution in [3.05, 3.63) is 0 Å². The zero-order valence-electron chi connectivity index (χ0n) is 13.8. The fourth-order valence-corrected chi connectivity index (χ4v) is 3.64. The molecular weight excluding hydrogens is 343 g/mol. The summed E-state index contributed by atoms with van der Waals surface area (Å²) in [5.74, 6) is -0.687. The Kier molecular flexibility index (Phi) is 6.47. The molecule has 1 fully saturated rings. The lowest BCUT2D eigenvalue weighted by molar-refractivity contribution is -0.160. The van der Waals surface area contributed by atoms with E-state index in [9.17, 15) is 18.0 Å². The van der Waals surface area contributed by atoms with E-state index < -0.39 is 18.6 Å². The lowest BCUT2D eigenvalue weighted by atomic mass is 10.2. The Balaban J connectivity index is 1.96. The molecule has 0 saturated heterocycles. The minimum Gasteiger partial charge on any atom is -0.333 e. The highest BCUT2D eigenvalue weighted by atomic mass is 32.2. The Morgan fingerprint density at radius 2 is 2.04 bits per heavy atom. The van der Waals surface area contributed by atoms with Gasteiger partial charge in [-0.1, -0.05) is 38.5 Å². The maximum Gasteiger partial charge on any atom is 0.406 e. The van der Waals surface area contributed by atoms with Gasteiger partial charge in [-0.2, -0.15) is 13.2 Å². The summed E-state index contributed by atoms with van der Waals surface area (Å²) in [4.78, 5) is 13.1. The van der Waals surface area contributed by atoms with Gasteiger partial charge in [-0.05, 0) is 29.2 Å². The molecule has 24 heavy (non-hydrogen) atoms. The molecule has 0 bridgehead atoms. The predicted octanol–water partition coefficient (Wildman–Crippen LogP) is 2.93. The quantitative estimate of drug-likeness (QED) is 0.695. The number of carbonyl (C=O) groups is 1. The summed E-state index contributed by atoms with van der Waals surface area (Å²) in [5.41, 5.74) is 0. The number of thioether (sulfide) groups is 1. The first-order valence-electron chi connectivity index (χ1n) is 8.01. The number of carbonyl (C=O) groups excluding carboxylic acids is 1. The molecule has 1 aliphatic carbocycles. The summed E-state index contributed by atoms with van der Waals surface area (Å²) in [6.07, 6.45) is -0.205. The molecule has 1 aromatic rings. The van der Waals surface area contributed by atoms with Gasteiger partial charge in [0.1, 0.15) is 6.54 Å². The molecular formula is C14H22F3N5OS. The van der Waals surface area contributed by atoms with E-state index in [1.165, 1.54) is 0 Å². The van der Waals surface area contributed by atoms with Crippen molar-refractivity contribution in [2.24, 2.45) is 5.92 Å². The molecule has 1 amide bonds. The fourth-order valence-electron chi connectivity index (χ4n) is 2.79. The number of aromatic nitrogens is 4. The molecule has 0 unspecified atom stereocenters. The number of tetrazole rings is 1. The van der Waals surface area contributed by atoms with Gasteiger partial charge in [-0.25, -0.2) is 4.68 Å². The lowest BCUT2D eigenvalue weighted by Crippen LogP contribution is -2.42. The second kappa shape index (κ2) is 8.17. The van der Waals surface area contributed by atoms with Crippen LogP contribution in [0, 0.1) is 5.92 Å². The van der Waals surface area contributed by atoms with Crippen LogP contribution in [-0.4, -0.2) is 56.0 Å². The van der Waals surface area contributed by atoms with Crippen LogP contribution in [0.1, 0.15) is 45.6 Å². The van der Waals surface area contributed by atoms with E-state index in [0.29, 0.717) is 5.16 Å². The van der Waals surface area contributed by atoms with Crippen LogP contribution < -0.4 is 0 Å². The van der Waals surface area contributed by atoms with Crippen LogP contribution in [0.5, 0.6) is 0 Å². The van der Waals surface area contributed by atoms with Crippen molar-refractivity contribution in [2.45, 2.75) is 56.9 Å². The third kappa shape index (κ3) is 5.64. The summed E-state index contributed by atoms with van der Waals surface area (Å²) in [5, 5.41) is 12.0. The van der Waals surface area contributed by atoms with Gasteiger partial charge >= 0.3 is 6.18 Å². The number of hydrogen-bond acceptors (Lipinski definition) is 5. The third-order valence-electron chi connectivity index (χ3n) is 3.77. The Hall–Kier alpha value is -1.32. The van der Waals surface area contributed by atoms with Gasteiger partial charge < -0.3 is 4.90 Å². The molecule has 0 N–H and O–H groups in total. The standard InChI is InChI=1S/C14H22F3N5OS/c1-10(2)7-21(9-14(15,16)17)12(23)8-24-13-18-19-20-22(13)11-5-3-4-6-11/h10-11H,3-9H2,1-2H3. The second-order valence-electron chi connectivity index (χ2n) is 6.42. The number of alkyl halides is 3. The molecule has 0 spiro atoms. The van der Waals surface area contributed by atoms with Gasteiger partial charge in [-0.15, -0.1) is 5.10 Å². The van der Waals surface area contributed by atoms with Crippen molar-refractivity contribution in [3.8, 4) is 0 Å². The molecule has 0 aliphatic heterocycles. The first-order chi connectivity index (χ1) is 11.3. The van der Waals surface area contributed by atoms with Crippen molar-refractivity contribution in [1.29, 1.82) is 0 Å². The topological polar surface area (TPSA) is 63.9 Å². The molecule has 10 heteroatoms. The number of rotatable bonds is 7. The maximum atomic E-state index is 12.7. The van der Waals surface area contributed by atoms with E-state index >= 15 is 0 Å². The molecule has 1 aromatic heterocycles. The Morgan fingerprint density at radius 1 is 1.38 bits per heavy atom. The third-order valence-corrected chi connectivity index (χ3v) is 4.68. The van der Waals surface area contributed by atoms with Crippen LogP contribution in [0.3, 0.4) is 0 Å². The zero-order valence-corrected chi connectivity index (χ0v) is 14.6. The van der Waals surface area contributed by atoms with Gasteiger partial charge in [0.25, 0.3) is 0 Å². The van der Waals surface area contributed by atoms with Gasteiger partial charge in [-0.3, -0.25) is 4.79 Å². The highest BCUT2D eigenvalue weighted by Crippen LogP contribution is 2.31. The van der Waals surface area contributed by atoms with Crippen molar-refractivity contribution in [3.63, 3.8) is 0 Å².